The molecule has 0 bridgehead atoms. The third-order valence-corrected chi connectivity index (χ3v) is 5.04. The van der Waals surface area contributed by atoms with E-state index in [0.29, 0.717) is 24.6 Å². The number of piperidine rings is 1. The number of hydrogen-bond acceptors (Lipinski definition) is 7. The molecule has 2 aromatic rings. The summed E-state index contributed by atoms with van der Waals surface area (Å²) in [5, 5.41) is 6.16. The molecule has 1 atom stereocenters. The van der Waals surface area contributed by atoms with Crippen molar-refractivity contribution < 1.29 is 14.3 Å². The van der Waals surface area contributed by atoms with Crippen molar-refractivity contribution in [1.82, 2.24) is 15.3 Å². The van der Waals surface area contributed by atoms with Crippen LogP contribution < -0.4 is 25.0 Å². The van der Waals surface area contributed by atoms with Crippen molar-refractivity contribution in [2.45, 2.75) is 32.3 Å². The first-order valence-corrected chi connectivity index (χ1v) is 10.2. The lowest BCUT2D eigenvalue weighted by molar-refractivity contribution is -0.130. The van der Waals surface area contributed by atoms with Crippen LogP contribution in [0.15, 0.2) is 30.3 Å². The zero-order chi connectivity index (χ0) is 20.1. The number of aryl methyl sites for hydroxylation is 1. The van der Waals surface area contributed by atoms with Crippen molar-refractivity contribution in [3.63, 3.8) is 0 Å². The van der Waals surface area contributed by atoms with Crippen LogP contribution in [0, 0.1) is 6.92 Å². The first-order chi connectivity index (χ1) is 14.2. The molecule has 0 radical (unpaired) electrons. The van der Waals surface area contributed by atoms with E-state index in [4.69, 9.17) is 9.47 Å². The number of benzene rings is 1. The van der Waals surface area contributed by atoms with Gasteiger partial charge in [-0.2, -0.15) is 0 Å². The maximum absolute atomic E-state index is 12.4. The van der Waals surface area contributed by atoms with E-state index >= 15 is 0 Å². The minimum atomic E-state index is -0.642. The fraction of sp³-hybridized carbons (Fsp3) is 0.476. The number of fused-ring (bicyclic) bond motifs is 1. The molecule has 1 aromatic heterocycles. The minimum Gasteiger partial charge on any atom is -0.485 e. The Morgan fingerprint density at radius 3 is 2.76 bits per heavy atom. The molecule has 154 valence electrons. The van der Waals surface area contributed by atoms with Gasteiger partial charge >= 0.3 is 0 Å². The highest BCUT2D eigenvalue weighted by Crippen LogP contribution is 2.30. The zero-order valence-corrected chi connectivity index (χ0v) is 16.7. The maximum atomic E-state index is 12.4. The number of anilines is 2. The smallest absolute Gasteiger partial charge is 0.264 e. The van der Waals surface area contributed by atoms with Crippen molar-refractivity contribution in [3.8, 4) is 11.5 Å². The molecule has 1 unspecified atom stereocenters. The Morgan fingerprint density at radius 1 is 1.14 bits per heavy atom. The predicted octanol–water partition coefficient (Wildman–Crippen LogP) is 2.14. The molecule has 1 amide bonds. The average molecular weight is 397 g/mol. The van der Waals surface area contributed by atoms with Crippen LogP contribution in [0.3, 0.4) is 0 Å². The molecule has 8 heteroatoms. The fourth-order valence-electron chi connectivity index (χ4n) is 3.57. The van der Waals surface area contributed by atoms with Crippen LogP contribution in [0.25, 0.3) is 0 Å². The van der Waals surface area contributed by atoms with E-state index in [2.05, 4.69) is 25.5 Å². The zero-order valence-electron chi connectivity index (χ0n) is 16.7. The van der Waals surface area contributed by atoms with Gasteiger partial charge in [0.05, 0.1) is 0 Å². The van der Waals surface area contributed by atoms with Gasteiger partial charge in [0.1, 0.15) is 24.1 Å². The number of ether oxygens (including phenoxy) is 2. The van der Waals surface area contributed by atoms with Crippen LogP contribution in [0.4, 0.5) is 11.6 Å². The topological polar surface area (TPSA) is 88.6 Å². The molecule has 1 aromatic carbocycles. The van der Waals surface area contributed by atoms with Crippen molar-refractivity contribution in [2.24, 2.45) is 0 Å². The number of aromatic nitrogens is 2. The van der Waals surface area contributed by atoms with E-state index in [-0.39, 0.29) is 12.5 Å². The number of amides is 1. The standard InChI is InChI=1S/C21H27N5O3/c1-15-24-19(13-20(25-15)26-11-5-2-6-12-26)22-9-10-23-21(27)18-14-28-16-7-3-4-8-17(16)29-18/h3-4,7-8,13,18H,2,5-6,9-12,14H2,1H3,(H,23,27)(H,22,24,25). The van der Waals surface area contributed by atoms with Gasteiger partial charge in [-0.15, -0.1) is 0 Å². The third-order valence-electron chi connectivity index (χ3n) is 5.04. The van der Waals surface area contributed by atoms with Gasteiger partial charge in [0.25, 0.3) is 5.91 Å². The van der Waals surface area contributed by atoms with Gasteiger partial charge in [0.2, 0.25) is 6.10 Å². The van der Waals surface area contributed by atoms with Crippen LogP contribution >= 0.6 is 0 Å². The summed E-state index contributed by atoms with van der Waals surface area (Å²) in [6.45, 7) is 5.21. The Hall–Kier alpha value is -3.03. The summed E-state index contributed by atoms with van der Waals surface area (Å²) in [7, 11) is 0. The van der Waals surface area contributed by atoms with Crippen LogP contribution in [0.5, 0.6) is 11.5 Å². The van der Waals surface area contributed by atoms with Gasteiger partial charge in [-0.25, -0.2) is 9.97 Å². The summed E-state index contributed by atoms with van der Waals surface area (Å²) in [6, 6.07) is 9.34. The Kier molecular flexibility index (Phi) is 5.97. The van der Waals surface area contributed by atoms with Gasteiger partial charge < -0.3 is 25.0 Å². The van der Waals surface area contributed by atoms with Crippen molar-refractivity contribution in [1.29, 1.82) is 0 Å². The number of nitrogens with one attached hydrogen (secondary N) is 2. The lowest BCUT2D eigenvalue weighted by atomic mass is 10.1. The molecular weight excluding hydrogens is 370 g/mol. The van der Waals surface area contributed by atoms with Crippen LogP contribution in [0.2, 0.25) is 0 Å². The van der Waals surface area contributed by atoms with Gasteiger partial charge in [-0.3, -0.25) is 4.79 Å². The van der Waals surface area contributed by atoms with Crippen molar-refractivity contribution in [3.05, 3.63) is 36.2 Å². The first kappa shape index (κ1) is 19.3. The molecule has 2 N–H and O–H groups in total. The molecule has 0 saturated carbocycles. The van der Waals surface area contributed by atoms with Crippen LogP contribution in [-0.2, 0) is 4.79 Å². The quantitative estimate of drug-likeness (QED) is 0.722. The molecule has 2 aliphatic rings. The number of carbonyl (C=O) groups is 1. The SMILES string of the molecule is Cc1nc(NCCNC(=O)C2COc3ccccc3O2)cc(N2CCCCC2)n1. The highest BCUT2D eigenvalue weighted by atomic mass is 16.6. The Labute approximate surface area is 170 Å². The number of para-hydroxylation sites is 2. The second-order valence-electron chi connectivity index (χ2n) is 7.29. The van der Waals surface area contributed by atoms with E-state index in [1.54, 1.807) is 6.07 Å². The Balaban J connectivity index is 1.25. The second-order valence-corrected chi connectivity index (χ2v) is 7.29. The fourth-order valence-corrected chi connectivity index (χ4v) is 3.57. The van der Waals surface area contributed by atoms with E-state index in [9.17, 15) is 4.79 Å². The van der Waals surface area contributed by atoms with Gasteiger partial charge in [0, 0.05) is 32.2 Å². The highest BCUT2D eigenvalue weighted by molar-refractivity contribution is 5.81. The summed E-state index contributed by atoms with van der Waals surface area (Å²) in [4.78, 5) is 23.7. The lowest BCUT2D eigenvalue weighted by Crippen LogP contribution is -2.45. The van der Waals surface area contributed by atoms with E-state index in [1.165, 1.54) is 19.3 Å². The van der Waals surface area contributed by atoms with Crippen LogP contribution in [0.1, 0.15) is 25.1 Å². The molecule has 3 heterocycles. The average Bonchev–Trinajstić information content (AvgIpc) is 2.76. The molecule has 8 nitrogen and oxygen atoms in total. The monoisotopic (exact) mass is 397 g/mol. The summed E-state index contributed by atoms with van der Waals surface area (Å²) in [5.74, 6) is 3.56. The van der Waals surface area contributed by atoms with Crippen molar-refractivity contribution in [2.75, 3.05) is 43.0 Å². The summed E-state index contributed by atoms with van der Waals surface area (Å²) >= 11 is 0. The summed E-state index contributed by atoms with van der Waals surface area (Å²) in [6.07, 6.45) is 3.05. The normalized spacial score (nSPS) is 18.2. The van der Waals surface area contributed by atoms with E-state index < -0.39 is 6.10 Å². The Morgan fingerprint density at radius 2 is 1.93 bits per heavy atom. The molecule has 0 aliphatic carbocycles. The molecule has 0 spiro atoms. The third kappa shape index (κ3) is 4.88. The second kappa shape index (κ2) is 8.98. The number of carbonyl (C=O) groups excluding carboxylic acids is 1. The minimum absolute atomic E-state index is 0.186. The van der Waals surface area contributed by atoms with E-state index in [0.717, 1.165) is 30.5 Å². The van der Waals surface area contributed by atoms with Gasteiger partial charge in [0.15, 0.2) is 11.5 Å². The lowest BCUT2D eigenvalue weighted by Gasteiger charge is -2.28. The molecule has 1 saturated heterocycles. The number of rotatable bonds is 6. The molecule has 29 heavy (non-hydrogen) atoms. The van der Waals surface area contributed by atoms with Gasteiger partial charge in [-0.05, 0) is 38.3 Å². The highest BCUT2D eigenvalue weighted by Gasteiger charge is 2.26. The number of nitrogens with zero attached hydrogens (tertiary/aromatic N) is 3. The first-order valence-electron chi connectivity index (χ1n) is 10.2. The number of hydrogen-bond donors (Lipinski definition) is 2. The summed E-state index contributed by atoms with van der Waals surface area (Å²) < 4.78 is 11.3. The largest absolute Gasteiger partial charge is 0.485 e. The maximum Gasteiger partial charge on any atom is 0.264 e. The van der Waals surface area contributed by atoms with E-state index in [1.807, 2.05) is 31.2 Å². The molecular formula is C21H27N5O3. The molecule has 4 rings (SSSR count). The van der Waals surface area contributed by atoms with Crippen molar-refractivity contribution >= 4 is 17.5 Å². The van der Waals surface area contributed by atoms with Gasteiger partial charge in [-0.1, -0.05) is 12.1 Å². The predicted molar refractivity (Wildman–Crippen MR) is 111 cm³/mol. The Bertz CT molecular complexity index is 854. The molecule has 1 fully saturated rings. The summed E-state index contributed by atoms with van der Waals surface area (Å²) in [5.41, 5.74) is 0. The van der Waals surface area contributed by atoms with Crippen LogP contribution in [-0.4, -0.2) is 54.8 Å². The molecule has 2 aliphatic heterocycles.